The fourth-order valence-corrected chi connectivity index (χ4v) is 2.05. The number of hydrogen-bond acceptors (Lipinski definition) is 8. The number of nitro groups is 1. The third-order valence-electron chi connectivity index (χ3n) is 3.42. The third kappa shape index (κ3) is 4.69. The summed E-state index contributed by atoms with van der Waals surface area (Å²) in [5, 5.41) is 45.5. The molecule has 0 saturated heterocycles. The lowest BCUT2D eigenvalue weighted by molar-refractivity contribution is -0.384. The van der Waals surface area contributed by atoms with Gasteiger partial charge in [0, 0.05) is 18.2 Å². The summed E-state index contributed by atoms with van der Waals surface area (Å²) in [5.41, 5.74) is 1.82. The molecule has 0 aliphatic carbocycles. The Morgan fingerprint density at radius 3 is 1.67 bits per heavy atom. The van der Waals surface area contributed by atoms with Gasteiger partial charge in [0.25, 0.3) is 5.69 Å². The molecule has 9 nitrogen and oxygen atoms in total. The van der Waals surface area contributed by atoms with Gasteiger partial charge in [0.1, 0.15) is 17.2 Å². The highest BCUT2D eigenvalue weighted by Crippen LogP contribution is 2.31. The molecule has 0 aliphatic heterocycles. The maximum Gasteiger partial charge on any atom is 0.269 e. The summed E-state index contributed by atoms with van der Waals surface area (Å²) >= 11 is 0. The van der Waals surface area contributed by atoms with Crippen molar-refractivity contribution >= 4 is 28.4 Å². The quantitative estimate of drug-likeness (QED) is 0.335. The minimum atomic E-state index is -0.480. The Morgan fingerprint density at radius 2 is 1.19 bits per heavy atom. The number of phenolic OH excluding ortho intramolecular Hbond substituents is 2. The minimum Gasteiger partial charge on any atom is -0.508 e. The Morgan fingerprint density at radius 1 is 0.704 bits per heavy atom. The summed E-state index contributed by atoms with van der Waals surface area (Å²) in [7, 11) is 0. The van der Waals surface area contributed by atoms with Gasteiger partial charge in [0.2, 0.25) is 0 Å². The summed E-state index contributed by atoms with van der Waals surface area (Å²) < 4.78 is 0. The largest absolute Gasteiger partial charge is 0.508 e. The van der Waals surface area contributed by atoms with Gasteiger partial charge in [-0.1, -0.05) is 0 Å². The maximum absolute atomic E-state index is 10.6. The lowest BCUT2D eigenvalue weighted by Crippen LogP contribution is -1.85. The van der Waals surface area contributed by atoms with Gasteiger partial charge in [-0.25, -0.2) is 0 Å². The SMILES string of the molecule is O=[N+]([O-])c1ccc(N=Nc2ccc(N=Nc3ccc(O)cc3O)cc2)cc1. The molecular weight excluding hydrogens is 350 g/mol. The van der Waals surface area contributed by atoms with E-state index in [4.69, 9.17) is 0 Å². The summed E-state index contributed by atoms with van der Waals surface area (Å²) in [6, 6.07) is 16.5. The van der Waals surface area contributed by atoms with Crippen molar-refractivity contribution in [2.75, 3.05) is 0 Å². The number of azo groups is 2. The lowest BCUT2D eigenvalue weighted by Gasteiger charge is -1.98. The smallest absolute Gasteiger partial charge is 0.269 e. The topological polar surface area (TPSA) is 133 Å². The van der Waals surface area contributed by atoms with Crippen molar-refractivity contribution in [3.63, 3.8) is 0 Å². The van der Waals surface area contributed by atoms with Crippen LogP contribution in [0.15, 0.2) is 87.2 Å². The van der Waals surface area contributed by atoms with Gasteiger partial charge in [-0.15, -0.1) is 5.11 Å². The normalized spacial score (nSPS) is 11.3. The van der Waals surface area contributed by atoms with E-state index < -0.39 is 4.92 Å². The second kappa shape index (κ2) is 7.83. The Bertz CT molecular complexity index is 1010. The fourth-order valence-electron chi connectivity index (χ4n) is 2.05. The first-order valence-corrected chi connectivity index (χ1v) is 7.71. The first kappa shape index (κ1) is 17.7. The molecule has 0 spiro atoms. The number of nitro benzene ring substituents is 1. The van der Waals surface area contributed by atoms with E-state index in [1.54, 1.807) is 24.3 Å². The molecule has 3 aromatic rings. The molecule has 0 aromatic heterocycles. The molecule has 0 atom stereocenters. The molecule has 0 heterocycles. The van der Waals surface area contributed by atoms with E-state index in [1.165, 1.54) is 42.5 Å². The fraction of sp³-hybridized carbons (Fsp3) is 0. The van der Waals surface area contributed by atoms with E-state index in [2.05, 4.69) is 20.5 Å². The van der Waals surface area contributed by atoms with Crippen LogP contribution in [-0.4, -0.2) is 15.1 Å². The summed E-state index contributed by atoms with van der Waals surface area (Å²) in [6.45, 7) is 0. The molecule has 0 saturated carbocycles. The number of hydrogen-bond donors (Lipinski definition) is 2. The van der Waals surface area contributed by atoms with Gasteiger partial charge in [-0.2, -0.15) is 15.3 Å². The zero-order chi connectivity index (χ0) is 19.2. The number of nitrogens with zero attached hydrogens (tertiary/aromatic N) is 5. The standard InChI is InChI=1S/C18H13N5O4/c24-16-9-10-17(18(25)11-16)22-21-13-3-1-12(2-4-13)19-20-14-5-7-15(8-6-14)23(26)27/h1-11,24-25H. The van der Waals surface area contributed by atoms with Gasteiger partial charge < -0.3 is 10.2 Å². The van der Waals surface area contributed by atoms with Crippen LogP contribution in [0.2, 0.25) is 0 Å². The van der Waals surface area contributed by atoms with Gasteiger partial charge in [-0.3, -0.25) is 10.1 Å². The van der Waals surface area contributed by atoms with Gasteiger partial charge in [0.15, 0.2) is 0 Å². The zero-order valence-corrected chi connectivity index (χ0v) is 13.8. The van der Waals surface area contributed by atoms with Crippen molar-refractivity contribution < 1.29 is 15.1 Å². The first-order chi connectivity index (χ1) is 13.0. The van der Waals surface area contributed by atoms with Gasteiger partial charge in [-0.05, 0) is 48.5 Å². The number of benzene rings is 3. The monoisotopic (exact) mass is 363 g/mol. The molecule has 0 fully saturated rings. The van der Waals surface area contributed by atoms with Crippen LogP contribution in [0.5, 0.6) is 11.5 Å². The number of non-ortho nitro benzene ring substituents is 1. The average molecular weight is 363 g/mol. The molecule has 0 bridgehead atoms. The highest BCUT2D eigenvalue weighted by atomic mass is 16.6. The first-order valence-electron chi connectivity index (χ1n) is 7.71. The van der Waals surface area contributed by atoms with Crippen molar-refractivity contribution in [1.29, 1.82) is 0 Å². The molecule has 0 radical (unpaired) electrons. The van der Waals surface area contributed by atoms with Crippen molar-refractivity contribution in [3.8, 4) is 11.5 Å². The van der Waals surface area contributed by atoms with Gasteiger partial charge >= 0.3 is 0 Å². The van der Waals surface area contributed by atoms with Crippen molar-refractivity contribution in [3.05, 3.63) is 76.8 Å². The maximum atomic E-state index is 10.6. The van der Waals surface area contributed by atoms with Crippen LogP contribution >= 0.6 is 0 Å². The molecule has 3 aromatic carbocycles. The lowest BCUT2D eigenvalue weighted by atomic mass is 10.3. The molecule has 2 N–H and O–H groups in total. The molecular formula is C18H13N5O4. The Balaban J connectivity index is 1.67. The number of aromatic hydroxyl groups is 2. The predicted molar refractivity (Wildman–Crippen MR) is 97.7 cm³/mol. The van der Waals surface area contributed by atoms with Gasteiger partial charge in [0.05, 0.1) is 22.0 Å². The minimum absolute atomic E-state index is 0.0108. The van der Waals surface area contributed by atoms with Crippen LogP contribution in [0.4, 0.5) is 28.4 Å². The number of phenols is 2. The molecule has 0 aliphatic rings. The third-order valence-corrected chi connectivity index (χ3v) is 3.42. The van der Waals surface area contributed by atoms with E-state index in [0.717, 1.165) is 0 Å². The van der Waals surface area contributed by atoms with Crippen LogP contribution in [0, 0.1) is 10.1 Å². The van der Waals surface area contributed by atoms with E-state index in [-0.39, 0.29) is 22.9 Å². The molecule has 134 valence electrons. The number of rotatable bonds is 5. The Kier molecular flexibility index (Phi) is 5.12. The summed E-state index contributed by atoms with van der Waals surface area (Å²) in [4.78, 5) is 10.1. The van der Waals surface area contributed by atoms with Crippen LogP contribution in [0.3, 0.4) is 0 Å². The molecule has 0 unspecified atom stereocenters. The van der Waals surface area contributed by atoms with E-state index in [9.17, 15) is 20.3 Å². The van der Waals surface area contributed by atoms with E-state index >= 15 is 0 Å². The van der Waals surface area contributed by atoms with Crippen molar-refractivity contribution in [2.24, 2.45) is 20.5 Å². The predicted octanol–water partition coefficient (Wildman–Crippen LogP) is 5.84. The second-order valence-electron chi connectivity index (χ2n) is 5.36. The summed E-state index contributed by atoms with van der Waals surface area (Å²) in [5.74, 6) is -0.235. The Labute approximate surface area is 153 Å². The highest BCUT2D eigenvalue weighted by Gasteiger charge is 2.03. The van der Waals surface area contributed by atoms with E-state index in [1.807, 2.05) is 0 Å². The zero-order valence-electron chi connectivity index (χ0n) is 13.8. The Hall–Kier alpha value is -4.14. The molecule has 27 heavy (non-hydrogen) atoms. The van der Waals surface area contributed by atoms with Crippen molar-refractivity contribution in [1.82, 2.24) is 0 Å². The van der Waals surface area contributed by atoms with Crippen LogP contribution < -0.4 is 0 Å². The molecule has 3 rings (SSSR count). The second-order valence-corrected chi connectivity index (χ2v) is 5.36. The van der Waals surface area contributed by atoms with E-state index in [0.29, 0.717) is 17.1 Å². The van der Waals surface area contributed by atoms with Crippen molar-refractivity contribution in [2.45, 2.75) is 0 Å². The average Bonchev–Trinajstić information content (AvgIpc) is 2.67. The van der Waals surface area contributed by atoms with Crippen LogP contribution in [0.1, 0.15) is 0 Å². The highest BCUT2D eigenvalue weighted by molar-refractivity contribution is 5.54. The molecule has 9 heteroatoms. The van der Waals surface area contributed by atoms with Crippen LogP contribution in [-0.2, 0) is 0 Å². The summed E-state index contributed by atoms with van der Waals surface area (Å²) in [6.07, 6.45) is 0. The molecule has 0 amide bonds. The van der Waals surface area contributed by atoms with Crippen LogP contribution in [0.25, 0.3) is 0 Å².